The molecule has 0 bridgehead atoms. The maximum atomic E-state index is 12.8. The number of carbonyl (C=O) groups is 1. The summed E-state index contributed by atoms with van der Waals surface area (Å²) in [5.74, 6) is 0.521. The molecule has 0 aliphatic carbocycles. The Morgan fingerprint density at radius 1 is 1.12 bits per heavy atom. The summed E-state index contributed by atoms with van der Waals surface area (Å²) in [6.07, 6.45) is 1.94. The Hall–Kier alpha value is -2.66. The summed E-state index contributed by atoms with van der Waals surface area (Å²) in [6, 6.07) is 11.8. The number of nitriles is 1. The fraction of sp³-hybridized carbons (Fsp3) is 0.318. The van der Waals surface area contributed by atoms with E-state index in [1.54, 1.807) is 47.4 Å². The van der Waals surface area contributed by atoms with E-state index in [2.05, 4.69) is 29.5 Å². The molecule has 1 aliphatic heterocycles. The summed E-state index contributed by atoms with van der Waals surface area (Å²) < 4.78 is 0. The van der Waals surface area contributed by atoms with E-state index in [0.29, 0.717) is 52.0 Å². The van der Waals surface area contributed by atoms with Crippen molar-refractivity contribution >= 4 is 58.2 Å². The highest BCUT2D eigenvalue weighted by atomic mass is 35.5. The molecule has 2 aromatic carbocycles. The third kappa shape index (κ3) is 5.77. The van der Waals surface area contributed by atoms with Crippen LogP contribution in [0, 0.1) is 17.4 Å². The van der Waals surface area contributed by atoms with E-state index in [1.165, 1.54) is 0 Å². The van der Waals surface area contributed by atoms with Gasteiger partial charge < -0.3 is 15.1 Å². The fourth-order valence-electron chi connectivity index (χ4n) is 3.48. The van der Waals surface area contributed by atoms with Crippen LogP contribution < -0.4 is 10.6 Å². The van der Waals surface area contributed by atoms with Crippen molar-refractivity contribution in [1.82, 2.24) is 15.1 Å². The third-order valence-corrected chi connectivity index (χ3v) is 6.03. The minimum atomic E-state index is -0.196. The van der Waals surface area contributed by atoms with Crippen LogP contribution in [0.1, 0.15) is 13.8 Å². The molecule has 168 valence electrons. The molecule has 32 heavy (non-hydrogen) atoms. The Labute approximate surface area is 202 Å². The number of hydrogen-bond donors (Lipinski definition) is 2. The Bertz CT molecular complexity index is 1010. The molecule has 3 rings (SSSR count). The van der Waals surface area contributed by atoms with Crippen LogP contribution in [0.2, 0.25) is 15.1 Å². The topological polar surface area (TPSA) is 83.8 Å². The number of urea groups is 1. The fourth-order valence-corrected chi connectivity index (χ4v) is 4.09. The lowest BCUT2D eigenvalue weighted by Crippen LogP contribution is -2.60. The molecule has 0 aromatic heterocycles. The van der Waals surface area contributed by atoms with Crippen LogP contribution in [0.4, 0.5) is 16.2 Å². The molecule has 2 N–H and O–H groups in total. The average molecular weight is 494 g/mol. The first-order valence-corrected chi connectivity index (χ1v) is 11.2. The van der Waals surface area contributed by atoms with Crippen molar-refractivity contribution in [3.8, 4) is 6.19 Å². The molecule has 1 fully saturated rings. The number of guanidine groups is 1. The number of amides is 2. The Morgan fingerprint density at radius 2 is 1.78 bits per heavy atom. The SMILES string of the molecule is CC(C)C1CN(C(=O)Nc2ccc(Cl)cc2)CCN1C(=Nc1c(Cl)cccc1Cl)NC#N. The molecule has 0 saturated carbocycles. The van der Waals surface area contributed by atoms with E-state index in [-0.39, 0.29) is 18.0 Å². The van der Waals surface area contributed by atoms with Crippen LogP contribution >= 0.6 is 34.8 Å². The van der Waals surface area contributed by atoms with Crippen LogP contribution in [0.5, 0.6) is 0 Å². The van der Waals surface area contributed by atoms with Crippen LogP contribution in [0.25, 0.3) is 0 Å². The lowest BCUT2D eigenvalue weighted by atomic mass is 10.00. The van der Waals surface area contributed by atoms with E-state index in [1.807, 2.05) is 11.1 Å². The zero-order valence-corrected chi connectivity index (χ0v) is 19.9. The maximum absolute atomic E-state index is 12.8. The first-order valence-electron chi connectivity index (χ1n) is 10.1. The van der Waals surface area contributed by atoms with Gasteiger partial charge in [0.1, 0.15) is 5.69 Å². The summed E-state index contributed by atoms with van der Waals surface area (Å²) in [4.78, 5) is 21.1. The van der Waals surface area contributed by atoms with Gasteiger partial charge in [-0.15, -0.1) is 0 Å². The van der Waals surface area contributed by atoms with Gasteiger partial charge in [0.25, 0.3) is 0 Å². The molecule has 1 aliphatic rings. The summed E-state index contributed by atoms with van der Waals surface area (Å²) in [5, 5.41) is 16.3. The summed E-state index contributed by atoms with van der Waals surface area (Å²) in [5.41, 5.74) is 1.06. The summed E-state index contributed by atoms with van der Waals surface area (Å²) in [6.45, 7) is 5.51. The minimum absolute atomic E-state index is 0.0828. The number of piperazine rings is 1. The van der Waals surface area contributed by atoms with Crippen LogP contribution in [0.3, 0.4) is 0 Å². The summed E-state index contributed by atoms with van der Waals surface area (Å²) in [7, 11) is 0. The van der Waals surface area contributed by atoms with Crippen molar-refractivity contribution in [1.29, 1.82) is 5.26 Å². The summed E-state index contributed by atoms with van der Waals surface area (Å²) >= 11 is 18.5. The highest BCUT2D eigenvalue weighted by Gasteiger charge is 2.33. The largest absolute Gasteiger partial charge is 0.335 e. The molecule has 2 aromatic rings. The third-order valence-electron chi connectivity index (χ3n) is 5.17. The molecule has 1 unspecified atom stereocenters. The smallest absolute Gasteiger partial charge is 0.321 e. The van der Waals surface area contributed by atoms with E-state index in [9.17, 15) is 10.1 Å². The lowest BCUT2D eigenvalue weighted by molar-refractivity contribution is 0.118. The van der Waals surface area contributed by atoms with Gasteiger partial charge in [0.2, 0.25) is 5.96 Å². The minimum Gasteiger partial charge on any atom is -0.335 e. The van der Waals surface area contributed by atoms with Crippen molar-refractivity contribution < 1.29 is 4.79 Å². The number of nitrogens with one attached hydrogen (secondary N) is 2. The number of nitrogens with zero attached hydrogens (tertiary/aromatic N) is 4. The van der Waals surface area contributed by atoms with Crippen LogP contribution in [-0.4, -0.2) is 47.5 Å². The van der Waals surface area contributed by atoms with Crippen molar-refractivity contribution in [2.45, 2.75) is 19.9 Å². The van der Waals surface area contributed by atoms with E-state index in [0.717, 1.165) is 0 Å². The average Bonchev–Trinajstić information content (AvgIpc) is 2.76. The normalized spacial score (nSPS) is 16.7. The number of anilines is 1. The van der Waals surface area contributed by atoms with Gasteiger partial charge in [0, 0.05) is 30.3 Å². The van der Waals surface area contributed by atoms with E-state index >= 15 is 0 Å². The molecule has 7 nitrogen and oxygen atoms in total. The van der Waals surface area contributed by atoms with Gasteiger partial charge in [0.05, 0.1) is 16.1 Å². The van der Waals surface area contributed by atoms with Crippen molar-refractivity contribution in [2.75, 3.05) is 25.0 Å². The Morgan fingerprint density at radius 3 is 2.38 bits per heavy atom. The number of rotatable bonds is 3. The number of halogens is 3. The lowest BCUT2D eigenvalue weighted by Gasteiger charge is -2.44. The Balaban J connectivity index is 1.81. The number of para-hydroxylation sites is 1. The predicted octanol–water partition coefficient (Wildman–Crippen LogP) is 5.58. The zero-order valence-electron chi connectivity index (χ0n) is 17.6. The van der Waals surface area contributed by atoms with Gasteiger partial charge in [0.15, 0.2) is 6.19 Å². The molecule has 0 radical (unpaired) electrons. The molecule has 2 amide bonds. The van der Waals surface area contributed by atoms with Gasteiger partial charge in [-0.05, 0) is 42.3 Å². The molecular weight excluding hydrogens is 471 g/mol. The van der Waals surface area contributed by atoms with Crippen LogP contribution in [-0.2, 0) is 0 Å². The van der Waals surface area contributed by atoms with Crippen LogP contribution in [0.15, 0.2) is 47.5 Å². The van der Waals surface area contributed by atoms with Crippen molar-refractivity contribution in [3.63, 3.8) is 0 Å². The number of carbonyl (C=O) groups excluding carboxylic acids is 1. The van der Waals surface area contributed by atoms with Gasteiger partial charge in [-0.2, -0.15) is 5.26 Å². The molecular formula is C22H23Cl3N6O. The van der Waals surface area contributed by atoms with E-state index in [4.69, 9.17) is 34.8 Å². The second-order valence-corrected chi connectivity index (χ2v) is 8.88. The Kier molecular flexibility index (Phi) is 8.08. The standard InChI is InChI=1S/C22H23Cl3N6O/c1-14(2)19-12-30(22(32)28-16-8-6-15(23)7-9-16)10-11-31(19)21(27-13-26)29-20-17(24)4-3-5-18(20)25/h3-9,14,19H,10-12H2,1-2H3,(H,27,29)(H,28,32). The van der Waals surface area contributed by atoms with Gasteiger partial charge in [-0.3, -0.25) is 5.32 Å². The van der Waals surface area contributed by atoms with Crippen molar-refractivity contribution in [3.05, 3.63) is 57.5 Å². The second kappa shape index (κ2) is 10.8. The molecule has 0 spiro atoms. The number of benzene rings is 2. The monoisotopic (exact) mass is 492 g/mol. The first kappa shape index (κ1) is 24.0. The molecule has 1 atom stereocenters. The second-order valence-electron chi connectivity index (χ2n) is 7.63. The quantitative estimate of drug-likeness (QED) is 0.253. The van der Waals surface area contributed by atoms with Gasteiger partial charge in [-0.25, -0.2) is 9.79 Å². The number of hydrogen-bond acceptors (Lipinski definition) is 3. The first-order chi connectivity index (χ1) is 15.3. The zero-order chi connectivity index (χ0) is 23.3. The highest BCUT2D eigenvalue weighted by molar-refractivity contribution is 6.38. The maximum Gasteiger partial charge on any atom is 0.321 e. The molecule has 1 saturated heterocycles. The molecule has 10 heteroatoms. The predicted molar refractivity (Wildman–Crippen MR) is 130 cm³/mol. The van der Waals surface area contributed by atoms with Crippen molar-refractivity contribution in [2.24, 2.45) is 10.9 Å². The van der Waals surface area contributed by atoms with E-state index < -0.39 is 0 Å². The highest BCUT2D eigenvalue weighted by Crippen LogP contribution is 2.33. The number of aliphatic imine (C=N–C) groups is 1. The van der Waals surface area contributed by atoms with Gasteiger partial charge >= 0.3 is 6.03 Å². The van der Waals surface area contributed by atoms with Gasteiger partial charge in [-0.1, -0.05) is 54.7 Å². The molecule has 1 heterocycles.